The lowest BCUT2D eigenvalue weighted by atomic mass is 9.91. The lowest BCUT2D eigenvalue weighted by Crippen LogP contribution is -2.41. The Morgan fingerprint density at radius 3 is 2.60 bits per heavy atom. The lowest BCUT2D eigenvalue weighted by Gasteiger charge is -2.30. The maximum Gasteiger partial charge on any atom is 0.407 e. The van der Waals surface area contributed by atoms with Crippen molar-refractivity contribution >= 4 is 23.3 Å². The Labute approximate surface area is 250 Å². The second-order valence-corrected chi connectivity index (χ2v) is 11.9. The van der Waals surface area contributed by atoms with Crippen LogP contribution in [0.3, 0.4) is 0 Å². The van der Waals surface area contributed by atoms with Gasteiger partial charge in [-0.3, -0.25) is 14.7 Å². The van der Waals surface area contributed by atoms with Gasteiger partial charge in [0.25, 0.3) is 0 Å². The molecule has 2 N–H and O–H groups in total. The number of pyridine rings is 1. The summed E-state index contributed by atoms with van der Waals surface area (Å²) < 4.78 is 26.6. The average molecular weight is 594 g/mol. The number of fused-ring (bicyclic) bond motifs is 1. The number of nitrogens with zero attached hydrogens (tertiary/aromatic N) is 5. The molecule has 1 amide bonds. The number of rotatable bonds is 12. The van der Waals surface area contributed by atoms with Crippen LogP contribution >= 0.6 is 0 Å². The summed E-state index contributed by atoms with van der Waals surface area (Å²) in [6.45, 7) is 4.73. The highest BCUT2D eigenvalue weighted by Crippen LogP contribution is 2.34. The third-order valence-corrected chi connectivity index (χ3v) is 8.60. The van der Waals surface area contributed by atoms with Crippen molar-refractivity contribution in [1.82, 2.24) is 29.8 Å². The van der Waals surface area contributed by atoms with Gasteiger partial charge in [0.05, 0.1) is 32.2 Å². The van der Waals surface area contributed by atoms with Gasteiger partial charge in [-0.25, -0.2) is 18.7 Å². The maximum absolute atomic E-state index is 14.2. The third-order valence-electron chi connectivity index (χ3n) is 8.60. The standard InChI is InChI=1S/C31H40FN7O4/c32-26-19-33-9-8-22(26)17-28(40)27-20-34-30-23(16-21-2-3-21)18-29(37-39(27)30)35-24-4-6-25(7-5-24)36-31(41)43-13-1-10-38-11-14-42-15-12-38/h8-9,18-21,24-25H,1-7,10-17H2,(H,35,37)(H,36,41). The number of ether oxygens (including phenoxy) is 2. The van der Waals surface area contributed by atoms with Gasteiger partial charge in [0, 0.05) is 49.9 Å². The number of aromatic nitrogens is 4. The molecule has 0 atom stereocenters. The number of carbonyl (C=O) groups excluding carboxylic acids is 2. The van der Waals surface area contributed by atoms with Crippen LogP contribution in [0.25, 0.3) is 5.65 Å². The van der Waals surface area contributed by atoms with E-state index in [0.717, 1.165) is 83.1 Å². The van der Waals surface area contributed by atoms with Crippen LogP contribution in [0.1, 0.15) is 66.6 Å². The minimum Gasteiger partial charge on any atom is -0.450 e. The number of hydrogen-bond acceptors (Lipinski definition) is 9. The van der Waals surface area contributed by atoms with Crippen molar-refractivity contribution in [2.45, 2.75) is 69.9 Å². The van der Waals surface area contributed by atoms with Crippen molar-refractivity contribution in [3.8, 4) is 0 Å². The second-order valence-electron chi connectivity index (χ2n) is 11.9. The zero-order chi connectivity index (χ0) is 29.6. The summed E-state index contributed by atoms with van der Waals surface area (Å²) in [4.78, 5) is 36.2. The minimum atomic E-state index is -0.503. The van der Waals surface area contributed by atoms with Gasteiger partial charge < -0.3 is 20.1 Å². The SMILES string of the molecule is O=C(NC1CCC(Nc2cc(CC3CC3)c3ncc(C(=O)Cc4ccncc4F)n3n2)CC1)OCCCN1CCOCC1. The van der Waals surface area contributed by atoms with Crippen LogP contribution in [0, 0.1) is 11.7 Å². The summed E-state index contributed by atoms with van der Waals surface area (Å²) in [6, 6.07) is 3.84. The molecule has 0 radical (unpaired) electrons. The Bertz CT molecular complexity index is 1410. The van der Waals surface area contributed by atoms with Gasteiger partial charge in [0.1, 0.15) is 17.3 Å². The van der Waals surface area contributed by atoms with Gasteiger partial charge in [-0.05, 0) is 75.0 Å². The first-order chi connectivity index (χ1) is 21.0. The number of anilines is 1. The Morgan fingerprint density at radius 1 is 1.05 bits per heavy atom. The van der Waals surface area contributed by atoms with Crippen LogP contribution in [0.15, 0.2) is 30.7 Å². The van der Waals surface area contributed by atoms with Crippen molar-refractivity contribution in [2.75, 3.05) is 44.8 Å². The zero-order valence-electron chi connectivity index (χ0n) is 24.5. The highest BCUT2D eigenvalue weighted by atomic mass is 19.1. The first kappa shape index (κ1) is 29.4. The fourth-order valence-electron chi connectivity index (χ4n) is 5.96. The van der Waals surface area contributed by atoms with Gasteiger partial charge >= 0.3 is 6.09 Å². The Morgan fingerprint density at radius 2 is 1.84 bits per heavy atom. The van der Waals surface area contributed by atoms with Crippen molar-refractivity contribution < 1.29 is 23.5 Å². The number of nitrogens with one attached hydrogen (secondary N) is 2. The van der Waals surface area contributed by atoms with E-state index in [1.54, 1.807) is 10.7 Å². The molecule has 230 valence electrons. The van der Waals surface area contributed by atoms with Gasteiger partial charge in [-0.2, -0.15) is 0 Å². The Balaban J connectivity index is 1.03. The molecule has 1 saturated heterocycles. The van der Waals surface area contributed by atoms with Crippen molar-refractivity contribution in [1.29, 1.82) is 0 Å². The van der Waals surface area contributed by atoms with Crippen LogP contribution in [-0.4, -0.2) is 87.9 Å². The van der Waals surface area contributed by atoms with Crippen molar-refractivity contribution in [2.24, 2.45) is 5.92 Å². The van der Waals surface area contributed by atoms with E-state index in [2.05, 4.69) is 31.6 Å². The molecular formula is C31H40FN7O4. The maximum atomic E-state index is 14.2. The Hall–Kier alpha value is -3.64. The normalized spacial score (nSPS) is 21.0. The van der Waals surface area contributed by atoms with Crippen LogP contribution in [0.5, 0.6) is 0 Å². The summed E-state index contributed by atoms with van der Waals surface area (Å²) >= 11 is 0. The molecule has 3 aliphatic rings. The predicted molar refractivity (Wildman–Crippen MR) is 158 cm³/mol. The van der Waals surface area contributed by atoms with Crippen LogP contribution in [0.4, 0.5) is 15.0 Å². The first-order valence-corrected chi connectivity index (χ1v) is 15.5. The number of imidazole rings is 1. The summed E-state index contributed by atoms with van der Waals surface area (Å²) in [6.07, 6.45) is 11.2. The molecule has 3 aromatic rings. The van der Waals surface area contributed by atoms with E-state index in [0.29, 0.717) is 35.2 Å². The number of halogens is 1. The quantitative estimate of drug-likeness (QED) is 0.238. The average Bonchev–Trinajstić information content (AvgIpc) is 3.73. The van der Waals surface area contributed by atoms with E-state index in [4.69, 9.17) is 14.6 Å². The largest absolute Gasteiger partial charge is 0.450 e. The molecule has 4 heterocycles. The van der Waals surface area contributed by atoms with Gasteiger partial charge in [-0.1, -0.05) is 0 Å². The monoisotopic (exact) mass is 593 g/mol. The van der Waals surface area contributed by atoms with E-state index in [9.17, 15) is 14.0 Å². The van der Waals surface area contributed by atoms with Crippen molar-refractivity contribution in [3.05, 3.63) is 53.4 Å². The smallest absolute Gasteiger partial charge is 0.407 e. The van der Waals surface area contributed by atoms with E-state index < -0.39 is 5.82 Å². The number of hydrogen-bond donors (Lipinski definition) is 2. The van der Waals surface area contributed by atoms with E-state index in [1.165, 1.54) is 25.1 Å². The summed E-state index contributed by atoms with van der Waals surface area (Å²) in [5.74, 6) is 0.568. The lowest BCUT2D eigenvalue weighted by molar-refractivity contribution is 0.0344. The number of amides is 1. The summed E-state index contributed by atoms with van der Waals surface area (Å²) in [5, 5.41) is 11.4. The number of Topliss-reactive ketones (excluding diaryl/α,β-unsaturated/α-hetero) is 1. The molecule has 11 nitrogen and oxygen atoms in total. The molecule has 2 saturated carbocycles. The molecule has 1 aliphatic heterocycles. The van der Waals surface area contributed by atoms with Crippen LogP contribution in [0.2, 0.25) is 0 Å². The molecule has 0 spiro atoms. The van der Waals surface area contributed by atoms with E-state index >= 15 is 0 Å². The van der Waals surface area contributed by atoms with Gasteiger partial charge in [0.2, 0.25) is 0 Å². The molecule has 43 heavy (non-hydrogen) atoms. The number of carbonyl (C=O) groups is 2. The topological polar surface area (TPSA) is 123 Å². The summed E-state index contributed by atoms with van der Waals surface area (Å²) in [7, 11) is 0. The predicted octanol–water partition coefficient (Wildman–Crippen LogP) is 3.81. The van der Waals surface area contributed by atoms with Gasteiger partial charge in [-0.15, -0.1) is 5.10 Å². The first-order valence-electron chi connectivity index (χ1n) is 15.5. The second kappa shape index (κ2) is 13.8. The molecule has 2 aliphatic carbocycles. The Kier molecular flexibility index (Phi) is 9.42. The van der Waals surface area contributed by atoms with Gasteiger partial charge in [0.15, 0.2) is 11.4 Å². The minimum absolute atomic E-state index is 0.0807. The number of ketones is 1. The fraction of sp³-hybridized carbons (Fsp3) is 0.581. The van der Waals surface area contributed by atoms with Crippen molar-refractivity contribution in [3.63, 3.8) is 0 Å². The summed E-state index contributed by atoms with van der Waals surface area (Å²) in [5.41, 5.74) is 2.36. The molecule has 12 heteroatoms. The molecular weight excluding hydrogens is 553 g/mol. The number of morpholine rings is 1. The van der Waals surface area contributed by atoms with Crippen LogP contribution in [-0.2, 0) is 22.3 Å². The third kappa shape index (κ3) is 7.85. The molecule has 6 rings (SSSR count). The van der Waals surface area contributed by atoms with Crippen LogP contribution < -0.4 is 10.6 Å². The molecule has 3 fully saturated rings. The fourth-order valence-corrected chi connectivity index (χ4v) is 5.96. The molecule has 0 unspecified atom stereocenters. The highest BCUT2D eigenvalue weighted by molar-refractivity contribution is 5.96. The zero-order valence-corrected chi connectivity index (χ0v) is 24.5. The molecule has 0 bridgehead atoms. The van der Waals surface area contributed by atoms with E-state index in [-0.39, 0.29) is 30.4 Å². The highest BCUT2D eigenvalue weighted by Gasteiger charge is 2.27. The number of alkyl carbamates (subject to hydrolysis) is 1. The molecule has 0 aromatic carbocycles. The van der Waals surface area contributed by atoms with E-state index in [1.807, 2.05) is 0 Å². The molecule has 3 aromatic heterocycles.